The Morgan fingerprint density at radius 3 is 2.64 bits per heavy atom. The molecule has 0 atom stereocenters. The van der Waals surface area contributed by atoms with Gasteiger partial charge in [-0.2, -0.15) is 5.26 Å². The van der Waals surface area contributed by atoms with Crippen molar-refractivity contribution >= 4 is 39.3 Å². The Morgan fingerprint density at radius 1 is 1.50 bits per heavy atom. The molecule has 118 valence electrons. The van der Waals surface area contributed by atoms with E-state index in [2.05, 4.69) is 27.3 Å². The molecule has 0 unspecified atom stereocenters. The lowest BCUT2D eigenvalue weighted by Gasteiger charge is -2.46. The largest absolute Gasteiger partial charge is 0.444 e. The van der Waals surface area contributed by atoms with Crippen LogP contribution in [0.3, 0.4) is 0 Å². The number of amides is 1. The zero-order valence-electron chi connectivity index (χ0n) is 12.6. The van der Waals surface area contributed by atoms with Gasteiger partial charge in [0.05, 0.1) is 24.2 Å². The summed E-state index contributed by atoms with van der Waals surface area (Å²) in [6.07, 6.45) is -0.405. The predicted octanol–water partition coefficient (Wildman–Crippen LogP) is 4.03. The van der Waals surface area contributed by atoms with Crippen molar-refractivity contribution < 1.29 is 9.53 Å². The van der Waals surface area contributed by atoms with E-state index in [0.29, 0.717) is 5.02 Å². The number of hydrogen-bond acceptors (Lipinski definition) is 4. The maximum Gasteiger partial charge on any atom is 0.410 e. The lowest BCUT2D eigenvalue weighted by molar-refractivity contribution is 0.00356. The second-order valence-corrected chi connectivity index (χ2v) is 7.55. The molecule has 2 rings (SSSR count). The summed E-state index contributed by atoms with van der Waals surface area (Å²) in [6, 6.07) is 7.57. The van der Waals surface area contributed by atoms with Crippen LogP contribution in [0.2, 0.25) is 5.02 Å². The minimum atomic E-state index is -0.801. The lowest BCUT2D eigenvalue weighted by Crippen LogP contribution is -2.67. The topological polar surface area (TPSA) is 65.4 Å². The van der Waals surface area contributed by atoms with E-state index < -0.39 is 17.2 Å². The number of anilines is 1. The highest BCUT2D eigenvalue weighted by atomic mass is 79.9. The normalized spacial score (nSPS) is 16.5. The van der Waals surface area contributed by atoms with Gasteiger partial charge in [0.2, 0.25) is 0 Å². The molecule has 1 aliphatic heterocycles. The number of carbonyl (C=O) groups is 1. The van der Waals surface area contributed by atoms with E-state index in [1.165, 1.54) is 4.90 Å². The molecule has 0 bridgehead atoms. The number of hydrogen-bond donors (Lipinski definition) is 1. The number of rotatable bonds is 2. The van der Waals surface area contributed by atoms with Gasteiger partial charge in [0.15, 0.2) is 5.54 Å². The Kier molecular flexibility index (Phi) is 4.59. The van der Waals surface area contributed by atoms with Crippen molar-refractivity contribution in [2.75, 3.05) is 18.4 Å². The molecule has 1 saturated heterocycles. The Bertz CT molecular complexity index is 631. The molecule has 1 aromatic carbocycles. The van der Waals surface area contributed by atoms with Gasteiger partial charge in [-0.1, -0.05) is 11.6 Å². The summed E-state index contributed by atoms with van der Waals surface area (Å²) in [6.45, 7) is 5.99. The number of carbonyl (C=O) groups excluding carboxylic acids is 1. The number of halogens is 2. The van der Waals surface area contributed by atoms with E-state index in [1.807, 2.05) is 20.8 Å². The maximum atomic E-state index is 11.9. The van der Waals surface area contributed by atoms with Crippen molar-refractivity contribution in [1.82, 2.24) is 4.90 Å². The van der Waals surface area contributed by atoms with Gasteiger partial charge in [0.1, 0.15) is 5.60 Å². The molecule has 0 aliphatic carbocycles. The standard InChI is InChI=1S/C15H17BrClN3O2/c1-14(2,3)22-13(21)20-8-15(7-18,9-20)19-10-4-5-12(17)11(16)6-10/h4-6,19H,8-9H2,1-3H3. The highest BCUT2D eigenvalue weighted by molar-refractivity contribution is 9.10. The molecule has 1 aromatic rings. The molecule has 5 nitrogen and oxygen atoms in total. The van der Waals surface area contributed by atoms with Crippen molar-refractivity contribution in [1.29, 1.82) is 5.26 Å². The van der Waals surface area contributed by atoms with Crippen LogP contribution in [0.1, 0.15) is 20.8 Å². The molecule has 1 aliphatic rings. The molecule has 7 heteroatoms. The molecule has 0 radical (unpaired) electrons. The number of ether oxygens (including phenoxy) is 1. The molecule has 0 aromatic heterocycles. The fraction of sp³-hybridized carbons (Fsp3) is 0.467. The minimum Gasteiger partial charge on any atom is -0.444 e. The van der Waals surface area contributed by atoms with Crippen molar-refractivity contribution in [3.8, 4) is 6.07 Å². The third kappa shape index (κ3) is 3.84. The molecular weight excluding hydrogens is 370 g/mol. The fourth-order valence-electron chi connectivity index (χ4n) is 2.09. The van der Waals surface area contributed by atoms with Crippen molar-refractivity contribution in [3.05, 3.63) is 27.7 Å². The average Bonchev–Trinajstić information content (AvgIpc) is 2.35. The van der Waals surface area contributed by atoms with Gasteiger partial charge in [-0.25, -0.2) is 4.79 Å². The van der Waals surface area contributed by atoms with Crippen LogP contribution in [0.15, 0.2) is 22.7 Å². The fourth-order valence-corrected chi connectivity index (χ4v) is 2.59. The van der Waals surface area contributed by atoms with Gasteiger partial charge in [0.25, 0.3) is 0 Å². The molecular formula is C15H17BrClN3O2. The van der Waals surface area contributed by atoms with Crippen molar-refractivity contribution in [2.24, 2.45) is 0 Å². The highest BCUT2D eigenvalue weighted by Gasteiger charge is 2.47. The average molecular weight is 387 g/mol. The SMILES string of the molecule is CC(C)(C)OC(=O)N1CC(C#N)(Nc2ccc(Cl)c(Br)c2)C1. The van der Waals surface area contributed by atoms with Crippen molar-refractivity contribution in [2.45, 2.75) is 31.9 Å². The van der Waals surface area contributed by atoms with E-state index >= 15 is 0 Å². The van der Waals surface area contributed by atoms with Crippen molar-refractivity contribution in [3.63, 3.8) is 0 Å². The van der Waals surface area contributed by atoms with Crippen LogP contribution in [-0.2, 0) is 4.74 Å². The summed E-state index contributed by atoms with van der Waals surface area (Å²) < 4.78 is 6.04. The summed E-state index contributed by atoms with van der Waals surface area (Å²) in [5, 5.41) is 13.2. The first-order valence-corrected chi connectivity index (χ1v) is 7.94. The highest BCUT2D eigenvalue weighted by Crippen LogP contribution is 2.30. The maximum absolute atomic E-state index is 11.9. The molecule has 1 fully saturated rings. The molecule has 22 heavy (non-hydrogen) atoms. The number of likely N-dealkylation sites (tertiary alicyclic amines) is 1. The molecule has 1 N–H and O–H groups in total. The summed E-state index contributed by atoms with van der Waals surface area (Å²) >= 11 is 9.29. The van der Waals surface area contributed by atoms with Gasteiger partial charge < -0.3 is 15.0 Å². The van der Waals surface area contributed by atoms with Gasteiger partial charge in [-0.15, -0.1) is 0 Å². The third-order valence-corrected chi connectivity index (χ3v) is 4.30. The van der Waals surface area contributed by atoms with Crippen LogP contribution in [0.5, 0.6) is 0 Å². The Balaban J connectivity index is 2.01. The van der Waals surface area contributed by atoms with Crippen LogP contribution >= 0.6 is 27.5 Å². The first-order valence-electron chi connectivity index (χ1n) is 6.77. The van der Waals surface area contributed by atoms with Crippen LogP contribution in [0, 0.1) is 11.3 Å². The Labute approximate surface area is 143 Å². The second kappa shape index (κ2) is 5.98. The second-order valence-electron chi connectivity index (χ2n) is 6.28. The zero-order valence-corrected chi connectivity index (χ0v) is 15.0. The number of nitrogens with one attached hydrogen (secondary N) is 1. The van der Waals surface area contributed by atoms with Crippen LogP contribution in [0.25, 0.3) is 0 Å². The molecule has 1 heterocycles. The lowest BCUT2D eigenvalue weighted by atomic mass is 9.91. The van der Waals surface area contributed by atoms with Crippen LogP contribution in [0.4, 0.5) is 10.5 Å². The summed E-state index contributed by atoms with van der Waals surface area (Å²) in [5.41, 5.74) is -0.581. The van der Waals surface area contributed by atoms with E-state index in [4.69, 9.17) is 16.3 Å². The number of nitriles is 1. The molecule has 0 spiro atoms. The minimum absolute atomic E-state index is 0.276. The van der Waals surface area contributed by atoms with Gasteiger partial charge in [0, 0.05) is 10.2 Å². The van der Waals surface area contributed by atoms with Gasteiger partial charge >= 0.3 is 6.09 Å². The summed E-state index contributed by atoms with van der Waals surface area (Å²) in [7, 11) is 0. The number of benzene rings is 1. The monoisotopic (exact) mass is 385 g/mol. The summed E-state index contributed by atoms with van der Waals surface area (Å²) in [4.78, 5) is 13.4. The van der Waals surface area contributed by atoms with Gasteiger partial charge in [-0.3, -0.25) is 0 Å². The molecule has 1 amide bonds. The Hall–Kier alpha value is -1.45. The van der Waals surface area contributed by atoms with E-state index in [0.717, 1.165) is 10.2 Å². The van der Waals surface area contributed by atoms with Crippen LogP contribution < -0.4 is 5.32 Å². The smallest absolute Gasteiger partial charge is 0.410 e. The first kappa shape index (κ1) is 16.9. The number of nitrogens with zero attached hydrogens (tertiary/aromatic N) is 2. The zero-order chi connectivity index (χ0) is 16.5. The predicted molar refractivity (Wildman–Crippen MR) is 88.9 cm³/mol. The van der Waals surface area contributed by atoms with Crippen LogP contribution in [-0.4, -0.2) is 35.2 Å². The Morgan fingerprint density at radius 2 is 2.14 bits per heavy atom. The quantitative estimate of drug-likeness (QED) is 0.833. The van der Waals surface area contributed by atoms with E-state index in [-0.39, 0.29) is 13.1 Å². The van der Waals surface area contributed by atoms with E-state index in [1.54, 1.807) is 18.2 Å². The van der Waals surface area contributed by atoms with Gasteiger partial charge in [-0.05, 0) is 54.9 Å². The first-order chi connectivity index (χ1) is 10.1. The molecule has 0 saturated carbocycles. The van der Waals surface area contributed by atoms with E-state index in [9.17, 15) is 10.1 Å². The third-order valence-electron chi connectivity index (χ3n) is 3.09. The summed E-state index contributed by atoms with van der Waals surface area (Å²) in [5.74, 6) is 0.